The van der Waals surface area contributed by atoms with Gasteiger partial charge in [0, 0.05) is 12.3 Å². The minimum absolute atomic E-state index is 0.102. The van der Waals surface area contributed by atoms with E-state index in [4.69, 9.17) is 9.57 Å². The number of carbonyl (C=O) groups excluding carboxylic acids is 2. The summed E-state index contributed by atoms with van der Waals surface area (Å²) in [5.41, 5.74) is 1.97. The van der Waals surface area contributed by atoms with E-state index in [1.54, 1.807) is 17.6 Å². The highest BCUT2D eigenvalue weighted by Gasteiger charge is 2.60. The largest absolute Gasteiger partial charge is 0.462 e. The van der Waals surface area contributed by atoms with Crippen molar-refractivity contribution in [2.75, 3.05) is 6.61 Å². The third-order valence-corrected chi connectivity index (χ3v) is 9.40. The number of amides is 1. The van der Waals surface area contributed by atoms with Crippen LogP contribution in [0.5, 0.6) is 0 Å². The number of fused-ring (bicyclic) bond motifs is 5. The van der Waals surface area contributed by atoms with Gasteiger partial charge in [-0.25, -0.2) is 5.06 Å². The molecule has 4 fully saturated rings. The average Bonchev–Trinajstić information content (AvgIpc) is 3.24. The summed E-state index contributed by atoms with van der Waals surface area (Å²) < 4.78 is 5.77. The minimum Gasteiger partial charge on any atom is -0.462 e. The first-order valence-electron chi connectivity index (χ1n) is 11.7. The second-order valence-corrected chi connectivity index (χ2v) is 10.7. The minimum atomic E-state index is -0.128. The van der Waals surface area contributed by atoms with Crippen LogP contribution in [0.25, 0.3) is 0 Å². The lowest BCUT2D eigenvalue weighted by molar-refractivity contribution is -0.172. The number of hydroxylamine groups is 2. The van der Waals surface area contributed by atoms with Crippen molar-refractivity contribution in [3.63, 3.8) is 0 Å². The molecule has 0 spiro atoms. The van der Waals surface area contributed by atoms with Crippen LogP contribution in [0.15, 0.2) is 11.6 Å². The van der Waals surface area contributed by atoms with Crippen LogP contribution in [-0.4, -0.2) is 35.7 Å². The number of rotatable bonds is 2. The van der Waals surface area contributed by atoms with Gasteiger partial charge in [0.05, 0.1) is 19.1 Å². The van der Waals surface area contributed by atoms with Crippen molar-refractivity contribution in [3.05, 3.63) is 11.6 Å². The fourth-order valence-corrected chi connectivity index (χ4v) is 7.93. The smallest absolute Gasteiger partial charge is 0.302 e. The fourth-order valence-electron chi connectivity index (χ4n) is 7.93. The molecule has 5 rings (SSSR count). The lowest BCUT2D eigenvalue weighted by Gasteiger charge is -2.58. The predicted molar refractivity (Wildman–Crippen MR) is 108 cm³/mol. The molecule has 1 aliphatic heterocycles. The molecule has 0 aromatic heterocycles. The van der Waals surface area contributed by atoms with Gasteiger partial charge < -0.3 is 4.74 Å². The van der Waals surface area contributed by atoms with Gasteiger partial charge in [0.25, 0.3) is 0 Å². The van der Waals surface area contributed by atoms with E-state index in [0.29, 0.717) is 24.9 Å². The van der Waals surface area contributed by atoms with E-state index in [2.05, 4.69) is 19.9 Å². The molecular weight excluding hydrogens is 366 g/mol. The Morgan fingerprint density at radius 3 is 2.66 bits per heavy atom. The molecule has 0 unspecified atom stereocenters. The van der Waals surface area contributed by atoms with Gasteiger partial charge in [-0.15, -0.1) is 0 Å². The molecule has 1 amide bonds. The topological polar surface area (TPSA) is 55.8 Å². The molecule has 29 heavy (non-hydrogen) atoms. The Labute approximate surface area is 174 Å². The van der Waals surface area contributed by atoms with Gasteiger partial charge >= 0.3 is 5.97 Å². The molecule has 3 saturated carbocycles. The van der Waals surface area contributed by atoms with Gasteiger partial charge in [-0.2, -0.15) is 0 Å². The third kappa shape index (κ3) is 2.90. The van der Waals surface area contributed by atoms with Gasteiger partial charge in [-0.1, -0.05) is 25.5 Å². The highest BCUT2D eigenvalue weighted by atomic mass is 16.7. The van der Waals surface area contributed by atoms with Crippen molar-refractivity contribution >= 4 is 11.9 Å². The van der Waals surface area contributed by atoms with E-state index in [9.17, 15) is 9.59 Å². The van der Waals surface area contributed by atoms with E-state index in [-0.39, 0.29) is 34.9 Å². The van der Waals surface area contributed by atoms with Crippen molar-refractivity contribution in [1.29, 1.82) is 0 Å². The maximum atomic E-state index is 12.1. The van der Waals surface area contributed by atoms with Crippen molar-refractivity contribution < 1.29 is 19.2 Å². The highest BCUT2D eigenvalue weighted by molar-refractivity contribution is 5.77. The maximum absolute atomic E-state index is 12.1. The van der Waals surface area contributed by atoms with Crippen LogP contribution >= 0.6 is 0 Å². The second kappa shape index (κ2) is 6.83. The monoisotopic (exact) mass is 401 g/mol. The summed E-state index contributed by atoms with van der Waals surface area (Å²) in [4.78, 5) is 29.4. The van der Waals surface area contributed by atoms with Crippen LogP contribution in [-0.2, 0) is 19.2 Å². The van der Waals surface area contributed by atoms with Crippen molar-refractivity contribution in [1.82, 2.24) is 5.06 Å². The molecule has 0 aromatic carbocycles. The van der Waals surface area contributed by atoms with Crippen LogP contribution in [0, 0.1) is 28.6 Å². The van der Waals surface area contributed by atoms with Gasteiger partial charge in [0.1, 0.15) is 6.10 Å². The standard InChI is InChI=1S/C24H35NO4/c1-15(26)29-21-7-6-19-18-5-4-16-14-17(25-22(27)10-13-28-25)8-11-23(16,2)20(18)9-12-24(19,21)3/h14,17-21H,4-13H2,1-3H3/t17-,18-,19-,20-,21-,23-,24-/m0/s1. The number of hydrogen-bond donors (Lipinski definition) is 0. The lowest BCUT2D eigenvalue weighted by Crippen LogP contribution is -2.52. The van der Waals surface area contributed by atoms with Crippen LogP contribution in [0.3, 0.4) is 0 Å². The second-order valence-electron chi connectivity index (χ2n) is 10.7. The Morgan fingerprint density at radius 2 is 1.93 bits per heavy atom. The zero-order chi connectivity index (χ0) is 20.4. The van der Waals surface area contributed by atoms with Gasteiger partial charge in [-0.3, -0.25) is 14.4 Å². The first kappa shape index (κ1) is 19.6. The van der Waals surface area contributed by atoms with Crippen molar-refractivity contribution in [2.45, 2.75) is 90.7 Å². The molecule has 1 heterocycles. The molecular formula is C24H35NO4. The number of hydrogen-bond acceptors (Lipinski definition) is 4. The number of ether oxygens (including phenoxy) is 1. The lowest BCUT2D eigenvalue weighted by atomic mass is 9.47. The Bertz CT molecular complexity index is 747. The predicted octanol–water partition coefficient (Wildman–Crippen LogP) is 4.41. The van der Waals surface area contributed by atoms with E-state index in [1.807, 2.05) is 0 Å². The Morgan fingerprint density at radius 1 is 1.10 bits per heavy atom. The Hall–Kier alpha value is -1.36. The number of esters is 1. The molecule has 0 radical (unpaired) electrons. The number of nitrogens with zero attached hydrogens (tertiary/aromatic N) is 1. The van der Waals surface area contributed by atoms with Gasteiger partial charge in [-0.05, 0) is 74.5 Å². The Kier molecular flexibility index (Phi) is 4.61. The summed E-state index contributed by atoms with van der Waals surface area (Å²) in [5, 5.41) is 1.65. The molecule has 0 aromatic rings. The fraction of sp³-hybridized carbons (Fsp3) is 0.833. The first-order valence-corrected chi connectivity index (χ1v) is 11.7. The van der Waals surface area contributed by atoms with Gasteiger partial charge in [0.2, 0.25) is 5.91 Å². The summed E-state index contributed by atoms with van der Waals surface area (Å²) in [6.07, 6.45) is 12.2. The van der Waals surface area contributed by atoms with Crippen LogP contribution in [0.2, 0.25) is 0 Å². The molecule has 4 aliphatic carbocycles. The molecule has 5 nitrogen and oxygen atoms in total. The molecule has 7 atom stereocenters. The van der Waals surface area contributed by atoms with E-state index < -0.39 is 0 Å². The SMILES string of the molecule is CC(=O)O[C@H]1CC[C@H]2[C@@H]3CCC4=C[C@@H](N5OCCC5=O)CC[C@]4(C)[C@H]3CC[C@]12C. The highest BCUT2D eigenvalue weighted by Crippen LogP contribution is 2.65. The van der Waals surface area contributed by atoms with E-state index in [0.717, 1.165) is 38.0 Å². The van der Waals surface area contributed by atoms with E-state index in [1.165, 1.54) is 19.3 Å². The molecule has 160 valence electrons. The van der Waals surface area contributed by atoms with Crippen LogP contribution < -0.4 is 0 Å². The van der Waals surface area contributed by atoms with E-state index >= 15 is 0 Å². The zero-order valence-corrected chi connectivity index (χ0v) is 18.1. The maximum Gasteiger partial charge on any atom is 0.302 e. The summed E-state index contributed by atoms with van der Waals surface area (Å²) in [7, 11) is 0. The van der Waals surface area contributed by atoms with Crippen LogP contribution in [0.4, 0.5) is 0 Å². The van der Waals surface area contributed by atoms with Gasteiger partial charge in [0.15, 0.2) is 0 Å². The van der Waals surface area contributed by atoms with Crippen molar-refractivity contribution in [3.8, 4) is 0 Å². The molecule has 5 heteroatoms. The Balaban J connectivity index is 1.38. The average molecular weight is 402 g/mol. The summed E-state index contributed by atoms with van der Waals surface area (Å²) in [5.74, 6) is 2.13. The number of carbonyl (C=O) groups is 2. The molecule has 0 N–H and O–H groups in total. The van der Waals surface area contributed by atoms with Crippen molar-refractivity contribution in [2.24, 2.45) is 28.6 Å². The molecule has 5 aliphatic rings. The summed E-state index contributed by atoms with van der Waals surface area (Å²) >= 11 is 0. The molecule has 1 saturated heterocycles. The molecule has 0 bridgehead atoms. The third-order valence-electron chi connectivity index (χ3n) is 9.40. The number of allylic oxidation sites excluding steroid dienone is 1. The van der Waals surface area contributed by atoms with Crippen LogP contribution in [0.1, 0.15) is 78.6 Å². The normalized spacial score (nSPS) is 46.6. The zero-order valence-electron chi connectivity index (χ0n) is 18.1. The quantitative estimate of drug-likeness (QED) is 0.508. The summed E-state index contributed by atoms with van der Waals surface area (Å²) in [6, 6.07) is 0.123. The first-order chi connectivity index (χ1) is 13.8. The summed E-state index contributed by atoms with van der Waals surface area (Å²) in [6.45, 7) is 6.95.